The Bertz CT molecular complexity index is 940. The Labute approximate surface area is 163 Å². The van der Waals surface area contributed by atoms with Crippen LogP contribution in [0.5, 0.6) is 0 Å². The normalized spacial score (nSPS) is 11.9. The van der Waals surface area contributed by atoms with E-state index in [1.54, 1.807) is 26.0 Å². The third kappa shape index (κ3) is 5.15. The van der Waals surface area contributed by atoms with E-state index in [4.69, 9.17) is 11.6 Å². The molecule has 0 saturated heterocycles. The summed E-state index contributed by atoms with van der Waals surface area (Å²) in [5.41, 5.74) is 0.619. The summed E-state index contributed by atoms with van der Waals surface area (Å²) in [6.45, 7) is 4.33. The van der Waals surface area contributed by atoms with Gasteiger partial charge in [-0.25, -0.2) is 12.8 Å². The van der Waals surface area contributed by atoms with Crippen molar-refractivity contribution in [3.05, 3.63) is 64.9 Å². The summed E-state index contributed by atoms with van der Waals surface area (Å²) in [6.07, 6.45) is 2.74. The molecule has 0 unspecified atom stereocenters. The number of anilines is 1. The van der Waals surface area contributed by atoms with Crippen LogP contribution in [0.4, 0.5) is 10.1 Å². The van der Waals surface area contributed by atoms with E-state index in [0.717, 1.165) is 0 Å². The molecule has 0 aliphatic heterocycles. The van der Waals surface area contributed by atoms with Crippen LogP contribution in [0, 0.1) is 5.82 Å². The summed E-state index contributed by atoms with van der Waals surface area (Å²) in [5, 5.41) is 2.32. The molecule has 0 aliphatic rings. The van der Waals surface area contributed by atoms with Crippen LogP contribution in [0.3, 0.4) is 0 Å². The molecule has 0 aromatic heterocycles. The number of rotatable bonds is 7. The lowest BCUT2D eigenvalue weighted by atomic mass is 10.2. The Hall–Kier alpha value is -2.22. The SMILES string of the molecule is CCN(CC)S(=O)(=O)c1ccc(/C=C/C(=O)Nc2cccc(Cl)c2F)cc1. The molecule has 0 atom stereocenters. The molecule has 144 valence electrons. The largest absolute Gasteiger partial charge is 0.320 e. The highest BCUT2D eigenvalue weighted by Gasteiger charge is 2.20. The van der Waals surface area contributed by atoms with Gasteiger partial charge in [-0.3, -0.25) is 4.79 Å². The molecule has 0 aliphatic carbocycles. The van der Waals surface area contributed by atoms with Gasteiger partial charge in [-0.1, -0.05) is 43.6 Å². The number of benzene rings is 2. The molecule has 1 N–H and O–H groups in total. The highest BCUT2D eigenvalue weighted by Crippen LogP contribution is 2.22. The first-order valence-electron chi connectivity index (χ1n) is 8.32. The Morgan fingerprint density at radius 1 is 1.15 bits per heavy atom. The molecule has 0 radical (unpaired) electrons. The van der Waals surface area contributed by atoms with Gasteiger partial charge >= 0.3 is 0 Å². The van der Waals surface area contributed by atoms with E-state index in [9.17, 15) is 17.6 Å². The molecule has 2 rings (SSSR count). The summed E-state index contributed by atoms with van der Waals surface area (Å²) in [5.74, 6) is -1.23. The van der Waals surface area contributed by atoms with Gasteiger partial charge in [0.2, 0.25) is 15.9 Å². The number of nitrogens with one attached hydrogen (secondary N) is 1. The van der Waals surface area contributed by atoms with Gasteiger partial charge in [-0.2, -0.15) is 4.31 Å². The lowest BCUT2D eigenvalue weighted by Gasteiger charge is -2.18. The molecule has 0 fully saturated rings. The van der Waals surface area contributed by atoms with Crippen LogP contribution in [0.2, 0.25) is 5.02 Å². The Balaban J connectivity index is 2.09. The summed E-state index contributed by atoms with van der Waals surface area (Å²) in [6, 6.07) is 10.5. The van der Waals surface area contributed by atoms with Crippen molar-refractivity contribution >= 4 is 39.3 Å². The van der Waals surface area contributed by atoms with Gasteiger partial charge in [0.15, 0.2) is 5.82 Å². The van der Waals surface area contributed by atoms with Crippen molar-refractivity contribution in [3.63, 3.8) is 0 Å². The number of halogens is 2. The van der Waals surface area contributed by atoms with Crippen LogP contribution >= 0.6 is 11.6 Å². The second kappa shape index (κ2) is 9.12. The molecule has 2 aromatic carbocycles. The number of hydrogen-bond acceptors (Lipinski definition) is 3. The average Bonchev–Trinajstić information content (AvgIpc) is 2.65. The Kier molecular flexibility index (Phi) is 7.12. The summed E-state index contributed by atoms with van der Waals surface area (Å²) >= 11 is 5.67. The van der Waals surface area contributed by atoms with Crippen molar-refractivity contribution in [1.82, 2.24) is 4.31 Å². The van der Waals surface area contributed by atoms with Crippen LogP contribution in [-0.4, -0.2) is 31.7 Å². The fraction of sp³-hybridized carbons (Fsp3) is 0.211. The fourth-order valence-corrected chi connectivity index (χ4v) is 4.04. The predicted molar refractivity (Wildman–Crippen MR) is 106 cm³/mol. The third-order valence-corrected chi connectivity index (χ3v) is 6.22. The van der Waals surface area contributed by atoms with Gasteiger partial charge in [0, 0.05) is 19.2 Å². The third-order valence-electron chi connectivity index (χ3n) is 3.86. The summed E-state index contributed by atoms with van der Waals surface area (Å²) in [4.78, 5) is 12.1. The standard InChI is InChI=1S/C19H20ClFN2O3S/c1-3-23(4-2)27(25,26)15-11-8-14(9-12-15)10-13-18(24)22-17-7-5-6-16(20)19(17)21/h5-13H,3-4H2,1-2H3,(H,22,24)/b13-10+. The first-order valence-corrected chi connectivity index (χ1v) is 10.1. The highest BCUT2D eigenvalue weighted by molar-refractivity contribution is 7.89. The molecule has 0 spiro atoms. The quantitative estimate of drug-likeness (QED) is 0.697. The van der Waals surface area contributed by atoms with Crippen molar-refractivity contribution in [1.29, 1.82) is 0 Å². The average molecular weight is 411 g/mol. The van der Waals surface area contributed by atoms with Crippen molar-refractivity contribution < 1.29 is 17.6 Å². The predicted octanol–water partition coefficient (Wildman–Crippen LogP) is 4.16. The molecular weight excluding hydrogens is 391 g/mol. The van der Waals surface area contributed by atoms with E-state index in [-0.39, 0.29) is 15.6 Å². The maximum Gasteiger partial charge on any atom is 0.248 e. The molecule has 0 saturated carbocycles. The van der Waals surface area contributed by atoms with Crippen LogP contribution in [0.1, 0.15) is 19.4 Å². The zero-order valence-electron chi connectivity index (χ0n) is 14.9. The highest BCUT2D eigenvalue weighted by atomic mass is 35.5. The van der Waals surface area contributed by atoms with Gasteiger partial charge in [-0.15, -0.1) is 0 Å². The van der Waals surface area contributed by atoms with E-state index in [0.29, 0.717) is 18.7 Å². The van der Waals surface area contributed by atoms with E-state index >= 15 is 0 Å². The first-order chi connectivity index (χ1) is 12.8. The topological polar surface area (TPSA) is 66.5 Å². The minimum Gasteiger partial charge on any atom is -0.320 e. The second-order valence-electron chi connectivity index (χ2n) is 5.58. The zero-order chi connectivity index (χ0) is 20.0. The van der Waals surface area contributed by atoms with Gasteiger partial charge in [0.1, 0.15) is 0 Å². The minimum absolute atomic E-state index is 0.0159. The molecule has 0 heterocycles. The van der Waals surface area contributed by atoms with Crippen LogP contribution in [0.25, 0.3) is 6.08 Å². The Morgan fingerprint density at radius 3 is 2.37 bits per heavy atom. The van der Waals surface area contributed by atoms with Crippen molar-refractivity contribution in [3.8, 4) is 0 Å². The molecule has 0 bridgehead atoms. The number of carbonyl (C=O) groups excluding carboxylic acids is 1. The van der Waals surface area contributed by atoms with Crippen LogP contribution in [0.15, 0.2) is 53.4 Å². The van der Waals surface area contributed by atoms with Gasteiger partial charge in [-0.05, 0) is 35.9 Å². The van der Waals surface area contributed by atoms with Gasteiger partial charge < -0.3 is 5.32 Å². The lowest BCUT2D eigenvalue weighted by molar-refractivity contribution is -0.111. The van der Waals surface area contributed by atoms with E-state index in [2.05, 4.69) is 5.32 Å². The maximum absolute atomic E-state index is 13.8. The number of amides is 1. The molecule has 8 heteroatoms. The number of hydrogen-bond donors (Lipinski definition) is 1. The van der Waals surface area contributed by atoms with E-state index in [1.807, 2.05) is 0 Å². The van der Waals surface area contributed by atoms with Crippen LogP contribution in [-0.2, 0) is 14.8 Å². The van der Waals surface area contributed by atoms with E-state index in [1.165, 1.54) is 46.8 Å². The minimum atomic E-state index is -3.52. The number of carbonyl (C=O) groups is 1. The second-order valence-corrected chi connectivity index (χ2v) is 7.93. The molecular formula is C19H20ClFN2O3S. The summed E-state index contributed by atoms with van der Waals surface area (Å²) < 4.78 is 40.0. The maximum atomic E-state index is 13.8. The van der Waals surface area contributed by atoms with Gasteiger partial charge in [0.25, 0.3) is 0 Å². The molecule has 2 aromatic rings. The smallest absolute Gasteiger partial charge is 0.248 e. The van der Waals surface area contributed by atoms with Crippen molar-refractivity contribution in [2.75, 3.05) is 18.4 Å². The van der Waals surface area contributed by atoms with Crippen molar-refractivity contribution in [2.24, 2.45) is 0 Å². The number of nitrogens with zero attached hydrogens (tertiary/aromatic N) is 1. The Morgan fingerprint density at radius 2 is 1.78 bits per heavy atom. The van der Waals surface area contributed by atoms with Crippen molar-refractivity contribution in [2.45, 2.75) is 18.7 Å². The lowest BCUT2D eigenvalue weighted by Crippen LogP contribution is -2.30. The monoisotopic (exact) mass is 410 g/mol. The van der Waals surface area contributed by atoms with Gasteiger partial charge in [0.05, 0.1) is 15.6 Å². The number of sulfonamides is 1. The van der Waals surface area contributed by atoms with Crippen LogP contribution < -0.4 is 5.32 Å². The molecule has 5 nitrogen and oxygen atoms in total. The molecule has 1 amide bonds. The fourth-order valence-electron chi connectivity index (χ4n) is 2.41. The zero-order valence-corrected chi connectivity index (χ0v) is 16.5. The summed E-state index contributed by atoms with van der Waals surface area (Å²) in [7, 11) is -3.52. The van der Waals surface area contributed by atoms with E-state index < -0.39 is 21.7 Å². The first kappa shape index (κ1) is 21.1. The molecule has 27 heavy (non-hydrogen) atoms.